The molecular weight excluding hydrogens is 550 g/mol. The molecule has 0 aliphatic carbocycles. The van der Waals surface area contributed by atoms with E-state index in [1.54, 1.807) is 24.3 Å². The van der Waals surface area contributed by atoms with E-state index in [-0.39, 0.29) is 35.7 Å². The number of nitrogens with zero attached hydrogens (tertiary/aromatic N) is 3. The van der Waals surface area contributed by atoms with Crippen LogP contribution in [-0.2, 0) is 29.1 Å². The summed E-state index contributed by atoms with van der Waals surface area (Å²) in [7, 11) is -3.85. The van der Waals surface area contributed by atoms with E-state index in [2.05, 4.69) is 4.90 Å². The number of benzene rings is 2. The van der Waals surface area contributed by atoms with Gasteiger partial charge < -0.3 is 24.2 Å². The molecule has 0 spiro atoms. The van der Waals surface area contributed by atoms with Crippen molar-refractivity contribution >= 4 is 27.5 Å². The average Bonchev–Trinajstić information content (AvgIpc) is 3.26. The molecule has 11 nitrogen and oxygen atoms in total. The number of ether oxygens (including phenoxy) is 3. The highest BCUT2D eigenvalue weighted by Gasteiger charge is 2.46. The molecule has 1 atom stereocenters. The number of amides is 1. The van der Waals surface area contributed by atoms with Crippen LogP contribution < -0.4 is 4.74 Å². The van der Waals surface area contributed by atoms with Gasteiger partial charge in [-0.3, -0.25) is 14.5 Å². The third-order valence-corrected chi connectivity index (χ3v) is 9.42. The number of hydrogen-bond acceptors (Lipinski definition) is 9. The lowest BCUT2D eigenvalue weighted by Gasteiger charge is -2.31. The van der Waals surface area contributed by atoms with E-state index in [1.807, 2.05) is 6.92 Å². The van der Waals surface area contributed by atoms with Crippen LogP contribution in [0.5, 0.6) is 5.75 Å². The van der Waals surface area contributed by atoms with Gasteiger partial charge >= 0.3 is 0 Å². The molecule has 2 aromatic carbocycles. The van der Waals surface area contributed by atoms with Gasteiger partial charge in [0, 0.05) is 44.8 Å². The van der Waals surface area contributed by atoms with Crippen LogP contribution in [0.3, 0.4) is 0 Å². The lowest BCUT2D eigenvalue weighted by Crippen LogP contribution is -2.42. The Morgan fingerprint density at radius 2 is 1.61 bits per heavy atom. The standard InChI is InChI=1S/C29H35N3O8S/c1-2-40-23-8-6-21(7-9-23)26-25(28(34)29(35)32(26)11-10-30-12-16-38-17-13-30)27(33)22-4-3-5-24(20-22)41(36,37)31-14-18-39-19-15-31/h3-9,20,26,33H,2,10-19H2,1H3/b27-25-. The van der Waals surface area contributed by atoms with Gasteiger partial charge in [0.1, 0.15) is 11.5 Å². The van der Waals surface area contributed by atoms with Gasteiger partial charge in [-0.1, -0.05) is 24.3 Å². The highest BCUT2D eigenvalue weighted by Crippen LogP contribution is 2.40. The number of aliphatic hydroxyl groups is 1. The van der Waals surface area contributed by atoms with E-state index in [0.717, 1.165) is 13.1 Å². The highest BCUT2D eigenvalue weighted by atomic mass is 32.2. The number of Topliss-reactive ketones (excluding diaryl/α,β-unsaturated/α-hetero) is 1. The molecule has 3 fully saturated rings. The Hall–Kier alpha value is -3.29. The van der Waals surface area contributed by atoms with E-state index >= 15 is 0 Å². The first-order chi connectivity index (χ1) is 19.8. The number of carbonyl (C=O) groups is 2. The molecular formula is C29H35N3O8S. The Balaban J connectivity index is 1.52. The zero-order valence-electron chi connectivity index (χ0n) is 23.0. The number of morpholine rings is 2. The van der Waals surface area contributed by atoms with Crippen LogP contribution in [0.1, 0.15) is 24.1 Å². The third-order valence-electron chi connectivity index (χ3n) is 7.52. The number of rotatable bonds is 9. The summed E-state index contributed by atoms with van der Waals surface area (Å²) in [6.07, 6.45) is 0. The Kier molecular flexibility index (Phi) is 9.05. The van der Waals surface area contributed by atoms with Gasteiger partial charge in [-0.05, 0) is 36.8 Å². The molecule has 3 aliphatic rings. The molecule has 1 amide bonds. The second kappa shape index (κ2) is 12.7. The maximum atomic E-state index is 13.5. The predicted octanol–water partition coefficient (Wildman–Crippen LogP) is 1.86. The van der Waals surface area contributed by atoms with Crippen molar-refractivity contribution in [2.24, 2.45) is 0 Å². The van der Waals surface area contributed by atoms with E-state index in [1.165, 1.54) is 33.5 Å². The molecule has 3 aliphatic heterocycles. The summed E-state index contributed by atoms with van der Waals surface area (Å²) in [6, 6.07) is 12.1. The number of sulfonamides is 1. The van der Waals surface area contributed by atoms with Crippen molar-refractivity contribution < 1.29 is 37.3 Å². The third kappa shape index (κ3) is 6.16. The van der Waals surface area contributed by atoms with Crippen LogP contribution in [0, 0.1) is 0 Å². The smallest absolute Gasteiger partial charge is 0.295 e. The van der Waals surface area contributed by atoms with Gasteiger partial charge in [0.05, 0.1) is 49.5 Å². The van der Waals surface area contributed by atoms with Crippen LogP contribution >= 0.6 is 0 Å². The molecule has 0 radical (unpaired) electrons. The second-order valence-corrected chi connectivity index (χ2v) is 11.9. The Morgan fingerprint density at radius 3 is 2.27 bits per heavy atom. The summed E-state index contributed by atoms with van der Waals surface area (Å²) >= 11 is 0. The Bertz CT molecular complexity index is 1400. The van der Waals surface area contributed by atoms with Gasteiger partial charge in [0.25, 0.3) is 11.7 Å². The van der Waals surface area contributed by atoms with Crippen LogP contribution in [0.25, 0.3) is 5.76 Å². The first kappa shape index (κ1) is 29.2. The molecule has 41 heavy (non-hydrogen) atoms. The van der Waals surface area contributed by atoms with Crippen LogP contribution in [-0.4, -0.2) is 112 Å². The lowest BCUT2D eigenvalue weighted by molar-refractivity contribution is -0.140. The van der Waals surface area contributed by atoms with Gasteiger partial charge in [0.15, 0.2) is 0 Å². The van der Waals surface area contributed by atoms with Crippen LogP contribution in [0.2, 0.25) is 0 Å². The SMILES string of the molecule is CCOc1ccc(C2/C(=C(/O)c3cccc(S(=O)(=O)N4CCOCC4)c3)C(=O)C(=O)N2CCN2CCOCC2)cc1. The molecule has 3 heterocycles. The summed E-state index contributed by atoms with van der Waals surface area (Å²) in [5.74, 6) is -1.31. The normalized spacial score (nSPS) is 22.3. The molecule has 2 aromatic rings. The van der Waals surface area contributed by atoms with Crippen LogP contribution in [0.15, 0.2) is 59.0 Å². The summed E-state index contributed by atoms with van der Waals surface area (Å²) in [5, 5.41) is 11.5. The number of carbonyl (C=O) groups excluding carboxylic acids is 2. The average molecular weight is 586 g/mol. The fourth-order valence-electron chi connectivity index (χ4n) is 5.34. The van der Waals surface area contributed by atoms with Crippen molar-refractivity contribution in [3.63, 3.8) is 0 Å². The van der Waals surface area contributed by atoms with Gasteiger partial charge in [0.2, 0.25) is 10.0 Å². The number of hydrogen-bond donors (Lipinski definition) is 1. The van der Waals surface area contributed by atoms with Gasteiger partial charge in [-0.15, -0.1) is 0 Å². The van der Waals surface area contributed by atoms with Crippen molar-refractivity contribution in [2.45, 2.75) is 17.9 Å². The number of aliphatic hydroxyl groups excluding tert-OH is 1. The van der Waals surface area contributed by atoms with Crippen molar-refractivity contribution in [3.8, 4) is 5.75 Å². The summed E-state index contributed by atoms with van der Waals surface area (Å²) < 4.78 is 44.1. The largest absolute Gasteiger partial charge is 0.507 e. The molecule has 0 aromatic heterocycles. The summed E-state index contributed by atoms with van der Waals surface area (Å²) in [6.45, 7) is 6.88. The molecule has 3 saturated heterocycles. The first-order valence-electron chi connectivity index (χ1n) is 13.8. The molecule has 12 heteroatoms. The molecule has 0 saturated carbocycles. The van der Waals surface area contributed by atoms with Gasteiger partial charge in [-0.2, -0.15) is 4.31 Å². The molecule has 220 valence electrons. The monoisotopic (exact) mass is 585 g/mol. The van der Waals surface area contributed by atoms with E-state index in [4.69, 9.17) is 14.2 Å². The minimum atomic E-state index is -3.85. The maximum absolute atomic E-state index is 13.5. The minimum Gasteiger partial charge on any atom is -0.507 e. The topological polar surface area (TPSA) is 126 Å². The Morgan fingerprint density at radius 1 is 0.951 bits per heavy atom. The highest BCUT2D eigenvalue weighted by molar-refractivity contribution is 7.89. The summed E-state index contributed by atoms with van der Waals surface area (Å²) in [4.78, 5) is 30.4. The Labute approximate surface area is 239 Å². The zero-order chi connectivity index (χ0) is 29.0. The minimum absolute atomic E-state index is 0.0115. The molecule has 5 rings (SSSR count). The zero-order valence-corrected chi connectivity index (χ0v) is 23.8. The van der Waals surface area contributed by atoms with Crippen molar-refractivity contribution in [3.05, 3.63) is 65.2 Å². The predicted molar refractivity (Wildman–Crippen MR) is 150 cm³/mol. The fraction of sp³-hybridized carbons (Fsp3) is 0.448. The maximum Gasteiger partial charge on any atom is 0.295 e. The lowest BCUT2D eigenvalue weighted by atomic mass is 9.95. The van der Waals surface area contributed by atoms with Crippen molar-refractivity contribution in [1.29, 1.82) is 0 Å². The van der Waals surface area contributed by atoms with Crippen LogP contribution in [0.4, 0.5) is 0 Å². The van der Waals surface area contributed by atoms with E-state index in [0.29, 0.717) is 50.9 Å². The number of ketones is 1. The fourth-order valence-corrected chi connectivity index (χ4v) is 6.79. The van der Waals surface area contributed by atoms with Gasteiger partial charge in [-0.25, -0.2) is 8.42 Å². The quantitative estimate of drug-likeness (QED) is 0.267. The molecule has 1 N–H and O–H groups in total. The van der Waals surface area contributed by atoms with Crippen molar-refractivity contribution in [2.75, 3.05) is 72.3 Å². The summed E-state index contributed by atoms with van der Waals surface area (Å²) in [5.41, 5.74) is 0.691. The number of likely N-dealkylation sites (tertiary alicyclic amines) is 1. The first-order valence-corrected chi connectivity index (χ1v) is 15.2. The van der Waals surface area contributed by atoms with E-state index in [9.17, 15) is 23.1 Å². The second-order valence-electron chi connectivity index (χ2n) is 9.99. The molecule has 0 bridgehead atoms. The van der Waals surface area contributed by atoms with Crippen molar-refractivity contribution in [1.82, 2.24) is 14.1 Å². The van der Waals surface area contributed by atoms with E-state index < -0.39 is 33.5 Å². The molecule has 1 unspecified atom stereocenters.